The predicted molar refractivity (Wildman–Crippen MR) is 190 cm³/mol. The van der Waals surface area contributed by atoms with Gasteiger partial charge in [-0.15, -0.1) is 11.3 Å². The third-order valence-electron chi connectivity index (χ3n) is 9.15. The fourth-order valence-electron chi connectivity index (χ4n) is 6.93. The van der Waals surface area contributed by atoms with E-state index in [4.69, 9.17) is 17.0 Å². The van der Waals surface area contributed by atoms with Crippen LogP contribution < -0.4 is 24.4 Å². The van der Waals surface area contributed by atoms with E-state index in [9.17, 15) is 19.5 Å². The van der Waals surface area contributed by atoms with Crippen molar-refractivity contribution in [2.75, 3.05) is 18.6 Å². The number of thiazole rings is 1. The monoisotopic (exact) mass is 677 g/mol. The molecule has 0 radical (unpaired) electrons. The van der Waals surface area contributed by atoms with Gasteiger partial charge in [-0.05, 0) is 72.9 Å². The van der Waals surface area contributed by atoms with Crippen molar-refractivity contribution in [1.29, 1.82) is 0 Å². The average molecular weight is 678 g/mol. The van der Waals surface area contributed by atoms with Gasteiger partial charge in [0.2, 0.25) is 0 Å². The zero-order valence-electron chi connectivity index (χ0n) is 26.2. The molecule has 6 rings (SSSR count). The lowest BCUT2D eigenvalue weighted by atomic mass is 9.96. The number of hydrogen-bond donors (Lipinski definition) is 1. The molecular formula is C35H39N3O5S3. The highest BCUT2D eigenvalue weighted by Gasteiger charge is 2.42. The molecule has 2 unspecified atom stereocenters. The van der Waals surface area contributed by atoms with E-state index < -0.39 is 18.1 Å². The van der Waals surface area contributed by atoms with E-state index >= 15 is 0 Å². The molecule has 0 bridgehead atoms. The Balaban J connectivity index is 1.33. The standard InChI is InChI=1S/C35H39N3O5S3/c1-3-4-5-6-7-8-18-36-33(42)31(46-35(36)44)34-37(21-30(39)40)32(41)29(45-34)20-22-12-17-28-26(19-22)25-10-9-11-27(25)38(28)23-13-15-24(43-2)16-14-23/h12-17,19-20,25,27H,3-11,18,21H2,1-2H3,(H,39,40)/b29-20+,34-31+. The lowest BCUT2D eigenvalue weighted by Gasteiger charge is -2.27. The number of carboxylic acid groups (broad SMARTS) is 1. The van der Waals surface area contributed by atoms with Crippen LogP contribution in [0.1, 0.15) is 81.8 Å². The number of nitrogens with zero attached hydrogens (tertiary/aromatic N) is 3. The number of benzene rings is 2. The van der Waals surface area contributed by atoms with Gasteiger partial charge in [0.25, 0.3) is 11.5 Å². The molecule has 1 aromatic heterocycles. The molecule has 1 saturated heterocycles. The Kier molecular flexibility index (Phi) is 10.0. The largest absolute Gasteiger partial charge is 0.497 e. The summed E-state index contributed by atoms with van der Waals surface area (Å²) in [5.41, 5.74) is 4.04. The maximum absolute atomic E-state index is 13.6. The Labute approximate surface area is 282 Å². The molecule has 2 aromatic carbocycles. The minimum absolute atomic E-state index is 0.251. The van der Waals surface area contributed by atoms with Gasteiger partial charge < -0.3 is 14.7 Å². The Hall–Kier alpha value is -3.41. The van der Waals surface area contributed by atoms with Crippen molar-refractivity contribution < 1.29 is 19.4 Å². The van der Waals surface area contributed by atoms with Crippen LogP contribution in [0.4, 0.5) is 11.4 Å². The van der Waals surface area contributed by atoms with E-state index in [2.05, 4.69) is 36.1 Å². The molecule has 1 amide bonds. The van der Waals surface area contributed by atoms with Crippen molar-refractivity contribution >= 4 is 73.9 Å². The molecule has 2 aliphatic heterocycles. The normalized spacial score (nSPS) is 20.5. The maximum atomic E-state index is 13.6. The molecule has 2 atom stereocenters. The van der Waals surface area contributed by atoms with E-state index in [-0.39, 0.29) is 5.91 Å². The van der Waals surface area contributed by atoms with E-state index in [1.54, 1.807) is 12.0 Å². The molecule has 1 saturated carbocycles. The van der Waals surface area contributed by atoms with Crippen LogP contribution in [0.2, 0.25) is 0 Å². The fourth-order valence-corrected chi connectivity index (χ4v) is 9.50. The third-order valence-corrected chi connectivity index (χ3v) is 11.8. The Morgan fingerprint density at radius 3 is 2.57 bits per heavy atom. The van der Waals surface area contributed by atoms with Gasteiger partial charge in [-0.25, -0.2) is 0 Å². The molecule has 242 valence electrons. The number of hydrogen-bond acceptors (Lipinski definition) is 8. The number of fused-ring (bicyclic) bond motifs is 3. The highest BCUT2D eigenvalue weighted by Crippen LogP contribution is 2.52. The average Bonchev–Trinajstić information content (AvgIpc) is 3.78. The lowest BCUT2D eigenvalue weighted by molar-refractivity contribution is -0.137. The van der Waals surface area contributed by atoms with Gasteiger partial charge in [0.05, 0.1) is 11.6 Å². The highest BCUT2D eigenvalue weighted by atomic mass is 32.2. The zero-order chi connectivity index (χ0) is 32.4. The highest BCUT2D eigenvalue weighted by molar-refractivity contribution is 8.30. The van der Waals surface area contributed by atoms with Crippen molar-refractivity contribution in [3.8, 4) is 5.75 Å². The summed E-state index contributed by atoms with van der Waals surface area (Å²) < 4.78 is 7.78. The Bertz CT molecular complexity index is 1830. The van der Waals surface area contributed by atoms with Crippen LogP contribution in [0.3, 0.4) is 0 Å². The summed E-state index contributed by atoms with van der Waals surface area (Å²) in [4.78, 5) is 43.3. The number of ether oxygens (including phenoxy) is 1. The van der Waals surface area contributed by atoms with Crippen LogP contribution in [-0.4, -0.2) is 50.5 Å². The zero-order valence-corrected chi connectivity index (χ0v) is 28.6. The van der Waals surface area contributed by atoms with E-state index in [0.29, 0.717) is 36.9 Å². The number of amides is 1. The molecule has 1 N–H and O–H groups in total. The number of aromatic nitrogens is 1. The summed E-state index contributed by atoms with van der Waals surface area (Å²) in [5.74, 6) is -0.171. The molecule has 0 spiro atoms. The minimum Gasteiger partial charge on any atom is -0.497 e. The topological polar surface area (TPSA) is 92.1 Å². The van der Waals surface area contributed by atoms with Crippen LogP contribution in [0.25, 0.3) is 11.0 Å². The van der Waals surface area contributed by atoms with E-state index in [0.717, 1.165) is 78.6 Å². The number of anilines is 2. The first kappa shape index (κ1) is 32.5. The van der Waals surface area contributed by atoms with Crippen molar-refractivity contribution in [1.82, 2.24) is 9.47 Å². The number of carbonyl (C=O) groups is 2. The smallest absolute Gasteiger partial charge is 0.323 e. The molecular weight excluding hydrogens is 639 g/mol. The quantitative estimate of drug-likeness (QED) is 0.186. The van der Waals surface area contributed by atoms with Crippen LogP contribution in [-0.2, 0) is 16.1 Å². The van der Waals surface area contributed by atoms with Gasteiger partial charge in [0.15, 0.2) is 0 Å². The first-order valence-corrected chi connectivity index (χ1v) is 18.1. The molecule has 11 heteroatoms. The van der Waals surface area contributed by atoms with Crippen molar-refractivity contribution in [2.24, 2.45) is 0 Å². The van der Waals surface area contributed by atoms with Gasteiger partial charge in [-0.2, -0.15) is 0 Å². The van der Waals surface area contributed by atoms with Crippen LogP contribution >= 0.6 is 35.3 Å². The fraction of sp³-hybridized carbons (Fsp3) is 0.429. The number of thiocarbonyl (C=S) groups is 1. The summed E-state index contributed by atoms with van der Waals surface area (Å²) >= 11 is 7.88. The molecule has 46 heavy (non-hydrogen) atoms. The van der Waals surface area contributed by atoms with Crippen molar-refractivity contribution in [3.05, 3.63) is 73.1 Å². The molecule has 2 fully saturated rings. The number of aliphatic carboxylic acids is 1. The van der Waals surface area contributed by atoms with E-state index in [1.165, 1.54) is 35.1 Å². The van der Waals surface area contributed by atoms with Gasteiger partial charge in [-0.1, -0.05) is 75.5 Å². The summed E-state index contributed by atoms with van der Waals surface area (Å²) in [7, 11) is 1.67. The maximum Gasteiger partial charge on any atom is 0.323 e. The first-order valence-electron chi connectivity index (χ1n) is 16.1. The van der Waals surface area contributed by atoms with Crippen LogP contribution in [0.15, 0.2) is 47.3 Å². The van der Waals surface area contributed by atoms with Gasteiger partial charge in [-0.3, -0.25) is 23.9 Å². The number of rotatable bonds is 12. The summed E-state index contributed by atoms with van der Waals surface area (Å²) in [6.07, 6.45) is 11.8. The molecule has 3 heterocycles. The second-order valence-electron chi connectivity index (χ2n) is 12.1. The molecule has 8 nitrogen and oxygen atoms in total. The Morgan fingerprint density at radius 2 is 1.83 bits per heavy atom. The minimum atomic E-state index is -1.14. The van der Waals surface area contributed by atoms with Crippen molar-refractivity contribution in [3.63, 3.8) is 0 Å². The Morgan fingerprint density at radius 1 is 1.07 bits per heavy atom. The second kappa shape index (κ2) is 14.1. The van der Waals surface area contributed by atoms with Crippen molar-refractivity contribution in [2.45, 2.75) is 83.2 Å². The molecule has 3 aliphatic rings. The number of carbonyl (C=O) groups excluding carboxylic acids is 1. The molecule has 1 aliphatic carbocycles. The van der Waals surface area contributed by atoms with E-state index in [1.807, 2.05) is 24.3 Å². The summed E-state index contributed by atoms with van der Waals surface area (Å²) in [5, 5.41) is 9.66. The predicted octanol–water partition coefficient (Wildman–Crippen LogP) is 5.95. The molecule has 3 aromatic rings. The van der Waals surface area contributed by atoms with Gasteiger partial charge in [0, 0.05) is 29.9 Å². The number of unbranched alkanes of at least 4 members (excludes halogenated alkanes) is 5. The van der Waals surface area contributed by atoms with Gasteiger partial charge in [0.1, 0.15) is 26.2 Å². The lowest BCUT2D eigenvalue weighted by Crippen LogP contribution is -2.35. The van der Waals surface area contributed by atoms with Gasteiger partial charge >= 0.3 is 5.97 Å². The first-order chi connectivity index (χ1) is 22.3. The number of methoxy groups -OCH3 is 1. The summed E-state index contributed by atoms with van der Waals surface area (Å²) in [6.45, 7) is 2.19. The van der Waals surface area contributed by atoms with Crippen LogP contribution in [0.5, 0.6) is 5.75 Å². The SMILES string of the molecule is CCCCCCCCN1C(=O)/C(=c2\s/c(=C/c3ccc4c(c3)C3CCCC3N4c3ccc(OC)cc3)c(=O)n2CC(=O)O)SC1=S. The number of thioether (sulfide) groups is 1. The second-order valence-corrected chi connectivity index (χ2v) is 14.8. The van der Waals surface area contributed by atoms with Crippen LogP contribution in [0, 0.1) is 0 Å². The number of carboxylic acids is 1. The summed E-state index contributed by atoms with van der Waals surface area (Å²) in [6, 6.07) is 14.9. The third kappa shape index (κ3) is 6.41.